The summed E-state index contributed by atoms with van der Waals surface area (Å²) in [6.07, 6.45) is 2.02. The SMILES string of the molecule is CC(C)(Oc1ccc(F)cc1)C(=O)Nc1cccc(C(=O)NC2CC2)c1. The van der Waals surface area contributed by atoms with Crippen molar-refractivity contribution in [2.45, 2.75) is 38.3 Å². The van der Waals surface area contributed by atoms with Crippen LogP contribution in [0.25, 0.3) is 0 Å². The Balaban J connectivity index is 1.66. The molecule has 0 radical (unpaired) electrons. The summed E-state index contributed by atoms with van der Waals surface area (Å²) in [7, 11) is 0. The van der Waals surface area contributed by atoms with Crippen molar-refractivity contribution in [2.24, 2.45) is 0 Å². The van der Waals surface area contributed by atoms with Crippen LogP contribution in [-0.2, 0) is 4.79 Å². The first-order valence-electron chi connectivity index (χ1n) is 8.50. The number of hydrogen-bond donors (Lipinski definition) is 2. The Morgan fingerprint density at radius 2 is 1.81 bits per heavy atom. The van der Waals surface area contributed by atoms with Crippen LogP contribution < -0.4 is 15.4 Å². The molecule has 1 fully saturated rings. The first-order valence-corrected chi connectivity index (χ1v) is 8.50. The Kier molecular flexibility index (Phi) is 4.93. The Labute approximate surface area is 151 Å². The predicted octanol–water partition coefficient (Wildman–Crippen LogP) is 3.51. The third-order valence-corrected chi connectivity index (χ3v) is 4.03. The van der Waals surface area contributed by atoms with Gasteiger partial charge in [0.25, 0.3) is 11.8 Å². The first kappa shape index (κ1) is 17.9. The molecule has 2 amide bonds. The number of rotatable bonds is 6. The van der Waals surface area contributed by atoms with Gasteiger partial charge in [0, 0.05) is 17.3 Å². The number of ether oxygens (including phenoxy) is 1. The summed E-state index contributed by atoms with van der Waals surface area (Å²) >= 11 is 0. The Hall–Kier alpha value is -2.89. The molecule has 5 nitrogen and oxygen atoms in total. The topological polar surface area (TPSA) is 67.4 Å². The van der Waals surface area contributed by atoms with Gasteiger partial charge in [-0.2, -0.15) is 0 Å². The maximum Gasteiger partial charge on any atom is 0.267 e. The molecule has 0 bridgehead atoms. The number of nitrogens with one attached hydrogen (secondary N) is 2. The van der Waals surface area contributed by atoms with Crippen LogP contribution >= 0.6 is 0 Å². The molecule has 0 saturated heterocycles. The third-order valence-electron chi connectivity index (χ3n) is 4.03. The van der Waals surface area contributed by atoms with Gasteiger partial charge in [0.1, 0.15) is 11.6 Å². The van der Waals surface area contributed by atoms with Crippen molar-refractivity contribution < 1.29 is 18.7 Å². The minimum atomic E-state index is -1.18. The molecule has 0 atom stereocenters. The second kappa shape index (κ2) is 7.15. The molecule has 2 aromatic carbocycles. The fraction of sp³-hybridized carbons (Fsp3) is 0.300. The van der Waals surface area contributed by atoms with Crippen molar-refractivity contribution in [1.29, 1.82) is 0 Å². The van der Waals surface area contributed by atoms with Gasteiger partial charge >= 0.3 is 0 Å². The van der Waals surface area contributed by atoms with Crippen molar-refractivity contribution in [2.75, 3.05) is 5.32 Å². The van der Waals surface area contributed by atoms with Gasteiger partial charge in [0.2, 0.25) is 0 Å². The minimum Gasteiger partial charge on any atom is -0.478 e. The van der Waals surface area contributed by atoms with Crippen molar-refractivity contribution in [3.05, 3.63) is 59.9 Å². The number of amides is 2. The summed E-state index contributed by atoms with van der Waals surface area (Å²) in [6, 6.07) is 12.5. The van der Waals surface area contributed by atoms with Crippen LogP contribution in [0.5, 0.6) is 5.75 Å². The van der Waals surface area contributed by atoms with E-state index in [2.05, 4.69) is 10.6 Å². The molecule has 0 heterocycles. The zero-order valence-corrected chi connectivity index (χ0v) is 14.7. The highest BCUT2D eigenvalue weighted by Gasteiger charge is 2.30. The van der Waals surface area contributed by atoms with Crippen LogP contribution in [0, 0.1) is 5.82 Å². The molecule has 2 N–H and O–H groups in total. The van der Waals surface area contributed by atoms with E-state index < -0.39 is 5.60 Å². The molecule has 0 unspecified atom stereocenters. The molecule has 1 aliphatic rings. The van der Waals surface area contributed by atoms with Crippen LogP contribution in [-0.4, -0.2) is 23.5 Å². The zero-order valence-electron chi connectivity index (χ0n) is 14.7. The molecule has 3 rings (SSSR count). The lowest BCUT2D eigenvalue weighted by Crippen LogP contribution is -2.42. The molecule has 136 valence electrons. The maximum atomic E-state index is 13.0. The summed E-state index contributed by atoms with van der Waals surface area (Å²) in [6.45, 7) is 3.24. The number of carbonyl (C=O) groups is 2. The summed E-state index contributed by atoms with van der Waals surface area (Å²) in [5.41, 5.74) is -0.175. The highest BCUT2D eigenvalue weighted by molar-refractivity contribution is 5.99. The van der Waals surface area contributed by atoms with E-state index in [0.29, 0.717) is 17.0 Å². The summed E-state index contributed by atoms with van der Waals surface area (Å²) < 4.78 is 18.7. The number of halogens is 1. The van der Waals surface area contributed by atoms with Gasteiger partial charge in [0.15, 0.2) is 5.60 Å². The van der Waals surface area contributed by atoms with Gasteiger partial charge < -0.3 is 15.4 Å². The van der Waals surface area contributed by atoms with E-state index >= 15 is 0 Å². The Bertz CT molecular complexity index is 814. The second-order valence-electron chi connectivity index (χ2n) is 6.85. The number of hydrogen-bond acceptors (Lipinski definition) is 3. The van der Waals surface area contributed by atoms with E-state index in [0.717, 1.165) is 12.8 Å². The highest BCUT2D eigenvalue weighted by atomic mass is 19.1. The molecular weight excluding hydrogens is 335 g/mol. The minimum absolute atomic E-state index is 0.148. The number of carbonyl (C=O) groups excluding carboxylic acids is 2. The van der Waals surface area contributed by atoms with Crippen molar-refractivity contribution >= 4 is 17.5 Å². The standard InChI is InChI=1S/C20H21FN2O3/c1-20(2,26-17-10-6-14(21)7-11-17)19(25)23-16-5-3-4-13(12-16)18(24)22-15-8-9-15/h3-7,10-12,15H,8-9H2,1-2H3,(H,22,24)(H,23,25). The maximum absolute atomic E-state index is 13.0. The van der Waals surface area contributed by atoms with Crippen molar-refractivity contribution in [3.63, 3.8) is 0 Å². The van der Waals surface area contributed by atoms with E-state index in [1.807, 2.05) is 0 Å². The van der Waals surface area contributed by atoms with Gasteiger partial charge in [-0.15, -0.1) is 0 Å². The lowest BCUT2D eigenvalue weighted by atomic mass is 10.1. The Morgan fingerprint density at radius 3 is 2.46 bits per heavy atom. The summed E-state index contributed by atoms with van der Waals surface area (Å²) in [4.78, 5) is 24.7. The molecule has 0 spiro atoms. The van der Waals surface area contributed by atoms with Gasteiger partial charge in [0.05, 0.1) is 0 Å². The van der Waals surface area contributed by atoms with E-state index in [1.165, 1.54) is 24.3 Å². The molecule has 2 aromatic rings. The molecule has 0 aliphatic heterocycles. The van der Waals surface area contributed by atoms with E-state index in [9.17, 15) is 14.0 Å². The number of benzene rings is 2. The van der Waals surface area contributed by atoms with Crippen LogP contribution in [0.4, 0.5) is 10.1 Å². The van der Waals surface area contributed by atoms with Gasteiger partial charge in [-0.3, -0.25) is 9.59 Å². The first-order chi connectivity index (χ1) is 12.3. The summed E-state index contributed by atoms with van der Waals surface area (Å²) in [5.74, 6) is -0.503. The van der Waals surface area contributed by atoms with Crippen LogP contribution in [0.3, 0.4) is 0 Å². The van der Waals surface area contributed by atoms with Gasteiger partial charge in [-0.25, -0.2) is 4.39 Å². The Morgan fingerprint density at radius 1 is 1.12 bits per heavy atom. The van der Waals surface area contributed by atoms with E-state index in [4.69, 9.17) is 4.74 Å². The van der Waals surface area contributed by atoms with Crippen LogP contribution in [0.2, 0.25) is 0 Å². The second-order valence-corrected chi connectivity index (χ2v) is 6.85. The number of anilines is 1. The predicted molar refractivity (Wildman–Crippen MR) is 96.7 cm³/mol. The van der Waals surface area contributed by atoms with Gasteiger partial charge in [-0.05, 0) is 69.2 Å². The molecule has 0 aromatic heterocycles. The zero-order chi connectivity index (χ0) is 18.7. The van der Waals surface area contributed by atoms with E-state index in [1.54, 1.807) is 38.1 Å². The van der Waals surface area contributed by atoms with Crippen LogP contribution in [0.15, 0.2) is 48.5 Å². The molecule has 1 saturated carbocycles. The fourth-order valence-electron chi connectivity index (χ4n) is 2.36. The molecule has 26 heavy (non-hydrogen) atoms. The normalized spacial score (nSPS) is 13.8. The molecular formula is C20H21FN2O3. The van der Waals surface area contributed by atoms with Crippen LogP contribution in [0.1, 0.15) is 37.0 Å². The summed E-state index contributed by atoms with van der Waals surface area (Å²) in [5, 5.41) is 5.67. The average molecular weight is 356 g/mol. The highest BCUT2D eigenvalue weighted by Crippen LogP contribution is 2.22. The molecule has 1 aliphatic carbocycles. The van der Waals surface area contributed by atoms with Gasteiger partial charge in [-0.1, -0.05) is 6.07 Å². The average Bonchev–Trinajstić information content (AvgIpc) is 3.41. The van der Waals surface area contributed by atoms with Crippen molar-refractivity contribution in [3.8, 4) is 5.75 Å². The fourth-order valence-corrected chi connectivity index (χ4v) is 2.36. The van der Waals surface area contributed by atoms with E-state index in [-0.39, 0.29) is 23.7 Å². The smallest absolute Gasteiger partial charge is 0.267 e. The monoisotopic (exact) mass is 356 g/mol. The van der Waals surface area contributed by atoms with Crippen molar-refractivity contribution in [1.82, 2.24) is 5.32 Å². The lowest BCUT2D eigenvalue weighted by Gasteiger charge is -2.25. The quantitative estimate of drug-likeness (QED) is 0.832. The largest absolute Gasteiger partial charge is 0.478 e. The molecule has 6 heteroatoms. The third kappa shape index (κ3) is 4.59. The lowest BCUT2D eigenvalue weighted by molar-refractivity contribution is -0.128.